The predicted octanol–water partition coefficient (Wildman–Crippen LogP) is 4.87. The Labute approximate surface area is 214 Å². The molecule has 2 aromatic rings. The molecule has 5 nitrogen and oxygen atoms in total. The Morgan fingerprint density at radius 2 is 1.74 bits per heavy atom. The van der Waals surface area contributed by atoms with Gasteiger partial charge < -0.3 is 14.7 Å². The van der Waals surface area contributed by atoms with Gasteiger partial charge in [0, 0.05) is 43.3 Å². The highest BCUT2D eigenvalue weighted by molar-refractivity contribution is 5.99. The molecule has 2 amide bonds. The SMILES string of the molecule is Cc1cc(C(=O)N2CCCN(C)CC2)cc(C)c1N1C[C@@H](Cc2ccccc2F)C[C@@H](C)C1=O.Cl. The van der Waals surface area contributed by atoms with Crippen LogP contribution in [-0.2, 0) is 11.2 Å². The summed E-state index contributed by atoms with van der Waals surface area (Å²) in [6.45, 7) is 9.86. The number of carbonyl (C=O) groups excluding carboxylic acids is 2. The molecule has 0 aromatic heterocycles. The third-order valence-corrected chi connectivity index (χ3v) is 7.30. The van der Waals surface area contributed by atoms with E-state index in [9.17, 15) is 14.0 Å². The molecule has 0 unspecified atom stereocenters. The van der Waals surface area contributed by atoms with E-state index in [1.54, 1.807) is 6.07 Å². The number of carbonyl (C=O) groups is 2. The summed E-state index contributed by atoms with van der Waals surface area (Å²) < 4.78 is 14.3. The van der Waals surface area contributed by atoms with Gasteiger partial charge in [-0.2, -0.15) is 0 Å². The van der Waals surface area contributed by atoms with Gasteiger partial charge in [0.25, 0.3) is 5.91 Å². The first kappa shape index (κ1) is 27.2. The van der Waals surface area contributed by atoms with Crippen LogP contribution < -0.4 is 4.90 Å². The zero-order valence-electron chi connectivity index (χ0n) is 21.2. The molecule has 2 aliphatic rings. The number of benzene rings is 2. The van der Waals surface area contributed by atoms with Crippen LogP contribution >= 0.6 is 12.4 Å². The Balaban J connectivity index is 0.00000342. The number of hydrogen-bond donors (Lipinski definition) is 0. The summed E-state index contributed by atoms with van der Waals surface area (Å²) >= 11 is 0. The van der Waals surface area contributed by atoms with Gasteiger partial charge in [0.15, 0.2) is 0 Å². The quantitative estimate of drug-likeness (QED) is 0.600. The van der Waals surface area contributed by atoms with E-state index >= 15 is 0 Å². The summed E-state index contributed by atoms with van der Waals surface area (Å²) in [5.74, 6) is 0.0292. The Morgan fingerprint density at radius 1 is 1.06 bits per heavy atom. The van der Waals surface area contributed by atoms with E-state index in [2.05, 4.69) is 11.9 Å². The van der Waals surface area contributed by atoms with Crippen LogP contribution in [0.3, 0.4) is 0 Å². The number of nitrogens with zero attached hydrogens (tertiary/aromatic N) is 3. The molecule has 7 heteroatoms. The number of anilines is 1. The fourth-order valence-corrected chi connectivity index (χ4v) is 5.55. The highest BCUT2D eigenvalue weighted by Crippen LogP contribution is 2.34. The van der Waals surface area contributed by atoms with Crippen molar-refractivity contribution >= 4 is 29.9 Å². The Hall–Kier alpha value is -2.44. The maximum Gasteiger partial charge on any atom is 0.253 e. The van der Waals surface area contributed by atoms with Gasteiger partial charge in [-0.1, -0.05) is 25.1 Å². The predicted molar refractivity (Wildman–Crippen MR) is 141 cm³/mol. The van der Waals surface area contributed by atoms with Crippen molar-refractivity contribution < 1.29 is 14.0 Å². The van der Waals surface area contributed by atoms with Gasteiger partial charge in [0.05, 0.1) is 0 Å². The summed E-state index contributed by atoms with van der Waals surface area (Å²) in [4.78, 5) is 32.5. The first-order chi connectivity index (χ1) is 16.2. The number of aryl methyl sites for hydroxylation is 2. The van der Waals surface area contributed by atoms with Crippen LogP contribution in [0.2, 0.25) is 0 Å². The summed E-state index contributed by atoms with van der Waals surface area (Å²) in [5, 5.41) is 0. The summed E-state index contributed by atoms with van der Waals surface area (Å²) in [6.07, 6.45) is 2.34. The molecule has 0 saturated carbocycles. The molecule has 4 rings (SSSR count). The largest absolute Gasteiger partial charge is 0.337 e. The second-order valence-electron chi connectivity index (χ2n) is 10.2. The minimum Gasteiger partial charge on any atom is -0.337 e. The van der Waals surface area contributed by atoms with Crippen LogP contribution in [0, 0.1) is 31.5 Å². The third kappa shape index (κ3) is 6.04. The summed E-state index contributed by atoms with van der Waals surface area (Å²) in [6, 6.07) is 10.8. The zero-order chi connectivity index (χ0) is 24.4. The normalized spacial score (nSPS) is 21.5. The fourth-order valence-electron chi connectivity index (χ4n) is 5.55. The molecule has 2 aromatic carbocycles. The number of rotatable bonds is 4. The number of piperidine rings is 1. The van der Waals surface area contributed by atoms with Crippen molar-refractivity contribution in [3.8, 4) is 0 Å². The molecule has 2 atom stereocenters. The average molecular weight is 502 g/mol. The fraction of sp³-hybridized carbons (Fsp3) is 0.500. The Bertz CT molecular complexity index is 1050. The monoisotopic (exact) mass is 501 g/mol. The highest BCUT2D eigenvalue weighted by Gasteiger charge is 2.34. The maximum atomic E-state index is 14.3. The molecule has 0 N–H and O–H groups in total. The van der Waals surface area contributed by atoms with Crippen LogP contribution in [0.25, 0.3) is 0 Å². The van der Waals surface area contributed by atoms with Gasteiger partial charge >= 0.3 is 0 Å². The van der Waals surface area contributed by atoms with E-state index in [4.69, 9.17) is 0 Å². The van der Waals surface area contributed by atoms with E-state index in [0.29, 0.717) is 24.1 Å². The first-order valence-electron chi connectivity index (χ1n) is 12.4. The van der Waals surface area contributed by atoms with Gasteiger partial charge in [-0.3, -0.25) is 9.59 Å². The topological polar surface area (TPSA) is 43.9 Å². The van der Waals surface area contributed by atoms with Gasteiger partial charge in [0.1, 0.15) is 5.82 Å². The molecule has 0 spiro atoms. The smallest absolute Gasteiger partial charge is 0.253 e. The van der Waals surface area contributed by atoms with Crippen LogP contribution in [0.4, 0.5) is 10.1 Å². The molecular formula is C28H37ClFN3O2. The van der Waals surface area contributed by atoms with Crippen molar-refractivity contribution in [2.24, 2.45) is 11.8 Å². The van der Waals surface area contributed by atoms with Crippen molar-refractivity contribution in [3.05, 3.63) is 64.5 Å². The molecule has 2 saturated heterocycles. The molecule has 0 radical (unpaired) electrons. The van der Waals surface area contributed by atoms with Crippen LogP contribution in [0.5, 0.6) is 0 Å². The minimum absolute atomic E-state index is 0. The molecule has 2 heterocycles. The zero-order valence-corrected chi connectivity index (χ0v) is 22.0. The van der Waals surface area contributed by atoms with E-state index < -0.39 is 0 Å². The number of halogens is 2. The third-order valence-electron chi connectivity index (χ3n) is 7.30. The van der Waals surface area contributed by atoms with Crippen LogP contribution in [0.15, 0.2) is 36.4 Å². The lowest BCUT2D eigenvalue weighted by Gasteiger charge is -2.38. The summed E-state index contributed by atoms with van der Waals surface area (Å²) in [5.41, 5.74) is 4.14. The molecule has 0 bridgehead atoms. The van der Waals surface area contributed by atoms with Crippen molar-refractivity contribution in [1.29, 1.82) is 0 Å². The standard InChI is InChI=1S/C28H36FN3O2.ClH/c1-19-15-24(28(34)31-11-7-10-30(4)12-13-31)16-20(2)26(19)32-18-22(14-21(3)27(32)33)17-23-8-5-6-9-25(23)29;/h5-6,8-9,15-16,21-22H,7,10-14,17-18H2,1-4H3;1H/t21-,22-;/m1./s1. The minimum atomic E-state index is -0.187. The van der Waals surface area contributed by atoms with Gasteiger partial charge in [-0.15, -0.1) is 12.4 Å². The van der Waals surface area contributed by atoms with E-state index in [-0.39, 0.29) is 41.9 Å². The summed E-state index contributed by atoms with van der Waals surface area (Å²) in [7, 11) is 2.09. The molecule has 2 fully saturated rings. The lowest BCUT2D eigenvalue weighted by Crippen LogP contribution is -2.46. The molecule has 35 heavy (non-hydrogen) atoms. The molecule has 190 valence electrons. The van der Waals surface area contributed by atoms with Crippen LogP contribution in [0.1, 0.15) is 46.8 Å². The van der Waals surface area contributed by atoms with E-state index in [1.165, 1.54) is 6.07 Å². The second-order valence-corrected chi connectivity index (χ2v) is 10.2. The molecule has 0 aliphatic carbocycles. The maximum absolute atomic E-state index is 14.3. The van der Waals surface area contributed by atoms with Gasteiger partial charge in [-0.05, 0) is 87.5 Å². The van der Waals surface area contributed by atoms with E-state index in [1.807, 2.05) is 54.8 Å². The average Bonchev–Trinajstić information content (AvgIpc) is 3.02. The lowest BCUT2D eigenvalue weighted by atomic mass is 9.84. The van der Waals surface area contributed by atoms with Crippen molar-refractivity contribution in [2.45, 2.75) is 40.0 Å². The molecule has 2 aliphatic heterocycles. The van der Waals surface area contributed by atoms with Crippen LogP contribution in [-0.4, -0.2) is 61.4 Å². The number of hydrogen-bond acceptors (Lipinski definition) is 3. The second kappa shape index (κ2) is 11.5. The van der Waals surface area contributed by atoms with Crippen molar-refractivity contribution in [3.63, 3.8) is 0 Å². The lowest BCUT2D eigenvalue weighted by molar-refractivity contribution is -0.124. The number of amides is 2. The van der Waals surface area contributed by atoms with E-state index in [0.717, 1.165) is 55.8 Å². The van der Waals surface area contributed by atoms with Gasteiger partial charge in [0.2, 0.25) is 5.91 Å². The van der Waals surface area contributed by atoms with Gasteiger partial charge in [-0.25, -0.2) is 4.39 Å². The Morgan fingerprint density at radius 3 is 2.43 bits per heavy atom. The number of likely N-dealkylation sites (N-methyl/N-ethyl adjacent to an activating group) is 1. The highest BCUT2D eigenvalue weighted by atomic mass is 35.5. The first-order valence-corrected chi connectivity index (χ1v) is 12.4. The van der Waals surface area contributed by atoms with Crippen molar-refractivity contribution in [2.75, 3.05) is 44.7 Å². The van der Waals surface area contributed by atoms with Crippen molar-refractivity contribution in [1.82, 2.24) is 9.80 Å². The molecular weight excluding hydrogens is 465 g/mol. The Kier molecular flexibility index (Phi) is 8.94.